The van der Waals surface area contributed by atoms with Crippen LogP contribution in [0.1, 0.15) is 43.3 Å². The lowest BCUT2D eigenvalue weighted by atomic mass is 10.0. The zero-order valence-electron chi connectivity index (χ0n) is 13.7. The minimum Gasteiger partial charge on any atom is -0.341 e. The first-order valence-corrected chi connectivity index (χ1v) is 8.75. The highest BCUT2D eigenvalue weighted by Gasteiger charge is 2.34. The number of carbonyl (C=O) groups is 1. The van der Waals surface area contributed by atoms with E-state index < -0.39 is 0 Å². The molecule has 2 atom stereocenters. The van der Waals surface area contributed by atoms with Gasteiger partial charge in [0.2, 0.25) is 5.91 Å². The lowest BCUT2D eigenvalue weighted by Gasteiger charge is -2.34. The Labute approximate surface area is 141 Å². The standard InChI is InChI=1S/C18H23N5O/c24-18(17-7-6-16(21-17)14-4-2-1-3-5-14)22-10-8-15(9-11-22)23-12-19-20-13-23/h1-5,12-13,15-17,21H,6-11H2/t16-,17-/m1/s1. The van der Waals surface area contributed by atoms with Crippen LogP contribution in [-0.2, 0) is 4.79 Å². The molecule has 2 aromatic rings. The van der Waals surface area contributed by atoms with Crippen molar-refractivity contribution in [3.05, 3.63) is 48.5 Å². The number of rotatable bonds is 3. The van der Waals surface area contributed by atoms with E-state index in [1.54, 1.807) is 12.7 Å². The summed E-state index contributed by atoms with van der Waals surface area (Å²) in [5, 5.41) is 11.3. The molecule has 1 aromatic heterocycles. The van der Waals surface area contributed by atoms with Crippen molar-refractivity contribution in [2.45, 2.75) is 43.8 Å². The fourth-order valence-corrected chi connectivity index (χ4v) is 3.89. The van der Waals surface area contributed by atoms with Gasteiger partial charge in [0.1, 0.15) is 12.7 Å². The highest BCUT2D eigenvalue weighted by molar-refractivity contribution is 5.82. The van der Waals surface area contributed by atoms with Crippen molar-refractivity contribution in [1.29, 1.82) is 0 Å². The maximum absolute atomic E-state index is 12.8. The largest absolute Gasteiger partial charge is 0.341 e. The second-order valence-corrected chi connectivity index (χ2v) is 6.73. The normalized spacial score (nSPS) is 25.1. The Bertz CT molecular complexity index is 664. The number of benzene rings is 1. The van der Waals surface area contributed by atoms with E-state index in [2.05, 4.69) is 44.3 Å². The number of amides is 1. The van der Waals surface area contributed by atoms with E-state index in [4.69, 9.17) is 0 Å². The summed E-state index contributed by atoms with van der Waals surface area (Å²) in [4.78, 5) is 14.8. The number of hydrogen-bond acceptors (Lipinski definition) is 4. The van der Waals surface area contributed by atoms with Crippen LogP contribution < -0.4 is 5.32 Å². The van der Waals surface area contributed by atoms with Gasteiger partial charge in [-0.3, -0.25) is 10.1 Å². The van der Waals surface area contributed by atoms with Crippen molar-refractivity contribution in [3.63, 3.8) is 0 Å². The summed E-state index contributed by atoms with van der Waals surface area (Å²) in [6.45, 7) is 1.63. The third-order valence-corrected chi connectivity index (χ3v) is 5.28. The molecule has 1 aromatic carbocycles. The summed E-state index contributed by atoms with van der Waals surface area (Å²) in [6, 6.07) is 11.1. The van der Waals surface area contributed by atoms with Crippen LogP contribution in [0.4, 0.5) is 0 Å². The average Bonchev–Trinajstić information content (AvgIpc) is 3.34. The molecule has 0 unspecified atom stereocenters. The predicted molar refractivity (Wildman–Crippen MR) is 90.2 cm³/mol. The van der Waals surface area contributed by atoms with Crippen molar-refractivity contribution < 1.29 is 4.79 Å². The maximum Gasteiger partial charge on any atom is 0.239 e. The molecule has 1 N–H and O–H groups in total. The van der Waals surface area contributed by atoms with Gasteiger partial charge in [0.05, 0.1) is 6.04 Å². The van der Waals surface area contributed by atoms with Crippen LogP contribution in [0.3, 0.4) is 0 Å². The number of piperidine rings is 1. The quantitative estimate of drug-likeness (QED) is 0.937. The van der Waals surface area contributed by atoms with Gasteiger partial charge in [-0.2, -0.15) is 0 Å². The lowest BCUT2D eigenvalue weighted by molar-refractivity contribution is -0.134. The highest BCUT2D eigenvalue weighted by atomic mass is 16.2. The third-order valence-electron chi connectivity index (χ3n) is 5.28. The molecule has 2 aliphatic rings. The van der Waals surface area contributed by atoms with Crippen LogP contribution in [0, 0.1) is 0 Å². The van der Waals surface area contributed by atoms with Crippen LogP contribution >= 0.6 is 0 Å². The van der Waals surface area contributed by atoms with E-state index in [9.17, 15) is 4.79 Å². The number of nitrogens with one attached hydrogen (secondary N) is 1. The van der Waals surface area contributed by atoms with Gasteiger partial charge in [0.25, 0.3) is 0 Å². The van der Waals surface area contributed by atoms with Gasteiger partial charge in [-0.25, -0.2) is 0 Å². The Morgan fingerprint density at radius 3 is 2.42 bits per heavy atom. The first-order chi connectivity index (χ1) is 11.8. The third kappa shape index (κ3) is 3.06. The van der Waals surface area contributed by atoms with Crippen molar-refractivity contribution >= 4 is 5.91 Å². The number of likely N-dealkylation sites (tertiary alicyclic amines) is 1. The maximum atomic E-state index is 12.8. The molecule has 6 nitrogen and oxygen atoms in total. The van der Waals surface area contributed by atoms with Crippen LogP contribution in [0.15, 0.2) is 43.0 Å². The first kappa shape index (κ1) is 15.3. The number of carbonyl (C=O) groups excluding carboxylic acids is 1. The predicted octanol–water partition coefficient (Wildman–Crippen LogP) is 1.93. The van der Waals surface area contributed by atoms with Gasteiger partial charge in [-0.05, 0) is 31.2 Å². The van der Waals surface area contributed by atoms with E-state index in [-0.39, 0.29) is 11.9 Å². The fourth-order valence-electron chi connectivity index (χ4n) is 3.89. The summed E-state index contributed by atoms with van der Waals surface area (Å²) in [5.74, 6) is 0.260. The van der Waals surface area contributed by atoms with Gasteiger partial charge in [-0.15, -0.1) is 10.2 Å². The Morgan fingerprint density at radius 2 is 1.71 bits per heavy atom. The molecule has 3 heterocycles. The lowest BCUT2D eigenvalue weighted by Crippen LogP contribution is -2.47. The van der Waals surface area contributed by atoms with Crippen molar-refractivity contribution in [1.82, 2.24) is 25.0 Å². The Kier molecular flexibility index (Phi) is 4.30. The van der Waals surface area contributed by atoms with Crippen molar-refractivity contribution in [3.8, 4) is 0 Å². The Morgan fingerprint density at radius 1 is 1.00 bits per heavy atom. The molecule has 2 aliphatic heterocycles. The van der Waals surface area contributed by atoms with Crippen molar-refractivity contribution in [2.24, 2.45) is 0 Å². The molecular formula is C18H23N5O. The molecule has 2 fully saturated rings. The van der Waals surface area contributed by atoms with Gasteiger partial charge in [0, 0.05) is 25.2 Å². The molecule has 0 spiro atoms. The molecule has 0 saturated carbocycles. The van der Waals surface area contributed by atoms with Crippen LogP contribution in [0.25, 0.3) is 0 Å². The summed E-state index contributed by atoms with van der Waals surface area (Å²) in [5.41, 5.74) is 1.28. The zero-order valence-corrected chi connectivity index (χ0v) is 13.7. The van der Waals surface area contributed by atoms with Crippen LogP contribution in [0.2, 0.25) is 0 Å². The van der Waals surface area contributed by atoms with E-state index in [1.807, 2.05) is 11.0 Å². The Balaban J connectivity index is 1.32. The van der Waals surface area contributed by atoms with Gasteiger partial charge in [-0.1, -0.05) is 30.3 Å². The molecule has 1 amide bonds. The van der Waals surface area contributed by atoms with E-state index in [0.717, 1.165) is 38.8 Å². The smallest absolute Gasteiger partial charge is 0.239 e. The molecule has 4 rings (SSSR count). The van der Waals surface area contributed by atoms with Crippen molar-refractivity contribution in [2.75, 3.05) is 13.1 Å². The second kappa shape index (κ2) is 6.73. The first-order valence-electron chi connectivity index (χ1n) is 8.75. The summed E-state index contributed by atoms with van der Waals surface area (Å²) >= 11 is 0. The van der Waals surface area contributed by atoms with E-state index >= 15 is 0 Å². The number of nitrogens with zero attached hydrogens (tertiary/aromatic N) is 4. The summed E-state index contributed by atoms with van der Waals surface area (Å²) < 4.78 is 2.06. The fraction of sp³-hybridized carbons (Fsp3) is 0.500. The van der Waals surface area contributed by atoms with Crippen LogP contribution in [0.5, 0.6) is 0 Å². The molecule has 2 saturated heterocycles. The summed E-state index contributed by atoms with van der Waals surface area (Å²) in [7, 11) is 0. The topological polar surface area (TPSA) is 63.1 Å². The highest BCUT2D eigenvalue weighted by Crippen LogP contribution is 2.28. The summed E-state index contributed by atoms with van der Waals surface area (Å²) in [6.07, 6.45) is 7.43. The molecule has 6 heteroatoms. The van der Waals surface area contributed by atoms with E-state index in [0.29, 0.717) is 12.1 Å². The van der Waals surface area contributed by atoms with Gasteiger partial charge < -0.3 is 9.47 Å². The van der Waals surface area contributed by atoms with Gasteiger partial charge in [0.15, 0.2) is 0 Å². The van der Waals surface area contributed by atoms with Gasteiger partial charge >= 0.3 is 0 Å². The molecule has 0 bridgehead atoms. The number of hydrogen-bond donors (Lipinski definition) is 1. The molecule has 126 valence electrons. The molecule has 0 aliphatic carbocycles. The number of aromatic nitrogens is 3. The van der Waals surface area contributed by atoms with Crippen LogP contribution in [-0.4, -0.2) is 44.7 Å². The zero-order chi connectivity index (χ0) is 16.4. The SMILES string of the molecule is O=C([C@H]1CC[C@H](c2ccccc2)N1)N1CCC(n2cnnc2)CC1. The minimum atomic E-state index is -0.0401. The molecule has 0 radical (unpaired) electrons. The molecular weight excluding hydrogens is 302 g/mol. The molecule has 24 heavy (non-hydrogen) atoms. The second-order valence-electron chi connectivity index (χ2n) is 6.73. The Hall–Kier alpha value is -2.21. The minimum absolute atomic E-state index is 0.0401. The average molecular weight is 325 g/mol. The monoisotopic (exact) mass is 325 g/mol. The van der Waals surface area contributed by atoms with E-state index in [1.165, 1.54) is 5.56 Å².